The number of oxazole rings is 1. The van der Waals surface area contributed by atoms with Gasteiger partial charge in [-0.25, -0.2) is 4.98 Å². The van der Waals surface area contributed by atoms with Crippen molar-refractivity contribution in [1.82, 2.24) is 4.98 Å². The van der Waals surface area contributed by atoms with Crippen LogP contribution in [0.15, 0.2) is 40.8 Å². The third kappa shape index (κ3) is 4.62. The number of phenolic OH excluding ortho intramolecular Hbond substituents is 1. The number of benzene rings is 2. The Balaban J connectivity index is 2.17. The average Bonchev–Trinajstić information content (AvgIpc) is 3.10. The highest BCUT2D eigenvalue weighted by molar-refractivity contribution is 5.69. The van der Waals surface area contributed by atoms with Gasteiger partial charge in [0.2, 0.25) is 5.89 Å². The molecule has 3 rings (SSSR count). The second-order valence-corrected chi connectivity index (χ2v) is 10.3. The lowest BCUT2D eigenvalue weighted by Gasteiger charge is -2.27. The second kappa shape index (κ2) is 8.04. The van der Waals surface area contributed by atoms with Crippen LogP contribution in [0.5, 0.6) is 5.75 Å². The summed E-state index contributed by atoms with van der Waals surface area (Å²) in [6.07, 6.45) is 0. The summed E-state index contributed by atoms with van der Waals surface area (Å²) in [5.74, 6) is 1.18. The highest BCUT2D eigenvalue weighted by Crippen LogP contribution is 2.42. The van der Waals surface area contributed by atoms with Crippen LogP contribution in [0.2, 0.25) is 0 Å². The summed E-state index contributed by atoms with van der Waals surface area (Å²) < 4.78 is 6.00. The molecule has 0 amide bonds. The van der Waals surface area contributed by atoms with Gasteiger partial charge in [-0.05, 0) is 35.1 Å². The van der Waals surface area contributed by atoms with Crippen LogP contribution < -0.4 is 4.90 Å². The quantitative estimate of drug-likeness (QED) is 0.550. The lowest BCUT2D eigenvalue weighted by molar-refractivity contribution is 0.249. The maximum Gasteiger partial charge on any atom is 0.227 e. The van der Waals surface area contributed by atoms with E-state index in [2.05, 4.69) is 41.5 Å². The molecule has 31 heavy (non-hydrogen) atoms. The first-order chi connectivity index (χ1) is 14.3. The van der Waals surface area contributed by atoms with Crippen molar-refractivity contribution in [2.75, 3.05) is 19.0 Å². The molecule has 0 aliphatic heterocycles. The van der Waals surface area contributed by atoms with E-state index in [0.717, 1.165) is 27.9 Å². The first-order valence-electron chi connectivity index (χ1n) is 10.6. The Labute approximate surface area is 185 Å². The molecule has 2 N–H and O–H groups in total. The lowest BCUT2D eigenvalue weighted by Crippen LogP contribution is -2.17. The molecule has 0 aliphatic carbocycles. The van der Waals surface area contributed by atoms with Crippen LogP contribution in [0.1, 0.15) is 58.4 Å². The van der Waals surface area contributed by atoms with Crippen LogP contribution in [0.3, 0.4) is 0 Å². The van der Waals surface area contributed by atoms with Crippen LogP contribution in [-0.4, -0.2) is 29.3 Å². The lowest BCUT2D eigenvalue weighted by atomic mass is 9.78. The fraction of sp³-hybridized carbons (Fsp3) is 0.423. The van der Waals surface area contributed by atoms with E-state index in [0.29, 0.717) is 23.1 Å². The zero-order valence-corrected chi connectivity index (χ0v) is 19.9. The Kier molecular flexibility index (Phi) is 5.94. The minimum Gasteiger partial charge on any atom is -0.507 e. The molecule has 0 atom stereocenters. The Morgan fingerprint density at radius 2 is 1.39 bits per heavy atom. The van der Waals surface area contributed by atoms with Crippen molar-refractivity contribution in [3.63, 3.8) is 0 Å². The smallest absolute Gasteiger partial charge is 0.227 e. The van der Waals surface area contributed by atoms with Gasteiger partial charge in [-0.2, -0.15) is 0 Å². The van der Waals surface area contributed by atoms with Gasteiger partial charge in [-0.1, -0.05) is 53.7 Å². The molecule has 0 spiro atoms. The van der Waals surface area contributed by atoms with E-state index in [1.165, 1.54) is 0 Å². The largest absolute Gasteiger partial charge is 0.507 e. The molecule has 5 heteroatoms. The summed E-state index contributed by atoms with van der Waals surface area (Å²) in [6, 6.07) is 11.9. The highest BCUT2D eigenvalue weighted by atomic mass is 16.4. The monoisotopic (exact) mass is 422 g/mol. The van der Waals surface area contributed by atoms with E-state index in [-0.39, 0.29) is 17.4 Å². The summed E-state index contributed by atoms with van der Waals surface area (Å²) >= 11 is 0. The number of rotatable bonds is 4. The molecule has 2 aromatic carbocycles. The fourth-order valence-corrected chi connectivity index (χ4v) is 3.63. The molecule has 0 fully saturated rings. The van der Waals surface area contributed by atoms with Crippen LogP contribution >= 0.6 is 0 Å². The summed E-state index contributed by atoms with van der Waals surface area (Å²) in [4.78, 5) is 6.78. The molecule has 0 radical (unpaired) electrons. The van der Waals surface area contributed by atoms with Gasteiger partial charge in [0, 0.05) is 42.0 Å². The number of anilines is 1. The molecule has 0 unspecified atom stereocenters. The van der Waals surface area contributed by atoms with Gasteiger partial charge < -0.3 is 19.5 Å². The van der Waals surface area contributed by atoms with Gasteiger partial charge in [0.05, 0.1) is 0 Å². The Bertz CT molecular complexity index is 1030. The molecular weight excluding hydrogens is 388 g/mol. The summed E-state index contributed by atoms with van der Waals surface area (Å²) in [7, 11) is 3.99. The van der Waals surface area contributed by atoms with Gasteiger partial charge in [0.25, 0.3) is 0 Å². The van der Waals surface area contributed by atoms with Gasteiger partial charge in [-0.3, -0.25) is 0 Å². The Morgan fingerprint density at radius 3 is 1.81 bits per heavy atom. The first kappa shape index (κ1) is 22.9. The van der Waals surface area contributed by atoms with Crippen LogP contribution in [0, 0.1) is 0 Å². The van der Waals surface area contributed by atoms with E-state index in [1.807, 2.05) is 55.4 Å². The minimum atomic E-state index is -0.253. The number of aliphatic hydroxyl groups excluding tert-OH is 1. The third-order valence-electron chi connectivity index (χ3n) is 5.47. The topological polar surface area (TPSA) is 69.7 Å². The minimum absolute atomic E-state index is 0.242. The van der Waals surface area contributed by atoms with Gasteiger partial charge >= 0.3 is 0 Å². The fourth-order valence-electron chi connectivity index (χ4n) is 3.63. The predicted octanol–water partition coefficient (Wildman–Crippen LogP) is 5.87. The van der Waals surface area contributed by atoms with Crippen LogP contribution in [0.25, 0.3) is 22.7 Å². The SMILES string of the molecule is CN(C)c1ccc(-c2nc(-c3cc(C(C)(C)C)c(O)c(C(C)(C)C)c3)oc2CO)cc1. The third-order valence-corrected chi connectivity index (χ3v) is 5.47. The molecule has 166 valence electrons. The predicted molar refractivity (Wildman–Crippen MR) is 127 cm³/mol. The maximum atomic E-state index is 11.0. The van der Waals surface area contributed by atoms with Crippen LogP contribution in [-0.2, 0) is 17.4 Å². The van der Waals surface area contributed by atoms with E-state index in [4.69, 9.17) is 9.40 Å². The zero-order valence-electron chi connectivity index (χ0n) is 19.9. The normalized spacial score (nSPS) is 12.3. The maximum absolute atomic E-state index is 11.0. The van der Waals surface area contributed by atoms with Crippen LogP contribution in [0.4, 0.5) is 5.69 Å². The average molecular weight is 423 g/mol. The standard InChI is InChI=1S/C26H34N2O3/c1-25(2,3)19-13-17(14-20(23(19)30)26(4,5)6)24-27-22(21(15-29)31-24)16-9-11-18(12-10-16)28(7)8/h9-14,29-30H,15H2,1-8H3. The molecule has 5 nitrogen and oxygen atoms in total. The van der Waals surface area contributed by atoms with Crippen molar-refractivity contribution >= 4 is 5.69 Å². The molecule has 0 saturated heterocycles. The number of aromatic hydroxyl groups is 1. The van der Waals surface area contributed by atoms with Crippen molar-refractivity contribution in [1.29, 1.82) is 0 Å². The molecule has 1 aromatic heterocycles. The number of phenols is 1. The Hall–Kier alpha value is -2.79. The number of aromatic nitrogens is 1. The van der Waals surface area contributed by atoms with Gasteiger partial charge in [0.1, 0.15) is 18.1 Å². The summed E-state index contributed by atoms with van der Waals surface area (Å²) in [6.45, 7) is 12.2. The molecule has 0 bridgehead atoms. The number of nitrogens with zero attached hydrogens (tertiary/aromatic N) is 2. The molecular formula is C26H34N2O3. The summed E-state index contributed by atoms with van der Waals surface area (Å²) in [5, 5.41) is 20.9. The first-order valence-corrected chi connectivity index (χ1v) is 10.6. The number of aliphatic hydroxyl groups is 1. The van der Waals surface area contributed by atoms with Crippen molar-refractivity contribution in [2.45, 2.75) is 59.0 Å². The van der Waals surface area contributed by atoms with E-state index in [1.54, 1.807) is 0 Å². The van der Waals surface area contributed by atoms with Crippen molar-refractivity contribution in [3.8, 4) is 28.5 Å². The highest BCUT2D eigenvalue weighted by Gasteiger charge is 2.28. The van der Waals surface area contributed by atoms with Crippen molar-refractivity contribution < 1.29 is 14.6 Å². The molecule has 1 heterocycles. The van der Waals surface area contributed by atoms with Gasteiger partial charge in [-0.15, -0.1) is 0 Å². The van der Waals surface area contributed by atoms with Gasteiger partial charge in [0.15, 0.2) is 5.76 Å². The molecule has 0 aliphatic rings. The van der Waals surface area contributed by atoms with Crippen molar-refractivity contribution in [3.05, 3.63) is 53.3 Å². The molecule has 3 aromatic rings. The van der Waals surface area contributed by atoms with E-state index in [9.17, 15) is 10.2 Å². The van der Waals surface area contributed by atoms with E-state index >= 15 is 0 Å². The van der Waals surface area contributed by atoms with E-state index < -0.39 is 0 Å². The second-order valence-electron chi connectivity index (χ2n) is 10.3. The van der Waals surface area contributed by atoms with Crippen molar-refractivity contribution in [2.24, 2.45) is 0 Å². The number of hydrogen-bond donors (Lipinski definition) is 2. The molecule has 0 saturated carbocycles. The number of hydrogen-bond acceptors (Lipinski definition) is 5. The zero-order chi connectivity index (χ0) is 23.1. The Morgan fingerprint density at radius 1 is 0.871 bits per heavy atom. The summed E-state index contributed by atoms with van der Waals surface area (Å²) in [5.41, 5.74) is 4.57.